The van der Waals surface area contributed by atoms with E-state index in [2.05, 4.69) is 32.7 Å². The third kappa shape index (κ3) is 7.23. The van der Waals surface area contributed by atoms with Crippen LogP contribution in [0.5, 0.6) is 0 Å². The summed E-state index contributed by atoms with van der Waals surface area (Å²) in [5.41, 5.74) is 6.85. The number of hydrogen-bond acceptors (Lipinski definition) is 6. The maximum Gasteiger partial charge on any atom is 0.221 e. The number of carbonyl (C=O) groups is 2. The zero-order valence-corrected chi connectivity index (χ0v) is 16.6. The number of pyridine rings is 1. The normalized spacial score (nSPS) is 15.4. The molecule has 1 atom stereocenters. The molecule has 1 aliphatic rings. The Labute approximate surface area is 169 Å². The molecule has 3 aromatic rings. The molecule has 1 saturated heterocycles. The van der Waals surface area contributed by atoms with E-state index in [-0.39, 0.29) is 5.91 Å². The summed E-state index contributed by atoms with van der Waals surface area (Å²) in [5, 5.41) is 13.2. The number of rotatable bonds is 2. The number of benzene rings is 1. The van der Waals surface area contributed by atoms with E-state index >= 15 is 0 Å². The molecule has 2 aromatic heterocycles. The van der Waals surface area contributed by atoms with Crippen molar-refractivity contribution < 1.29 is 9.59 Å². The number of hydrogen-bond donors (Lipinski definition) is 4. The Kier molecular flexibility index (Phi) is 8.58. The zero-order valence-electron chi connectivity index (χ0n) is 16.6. The van der Waals surface area contributed by atoms with Gasteiger partial charge in [-0.25, -0.2) is 4.98 Å². The molecule has 5 N–H and O–H groups in total. The number of nitrogens with two attached hydrogens (primary N) is 1. The van der Waals surface area contributed by atoms with Gasteiger partial charge in [0.25, 0.3) is 0 Å². The van der Waals surface area contributed by atoms with E-state index in [0.717, 1.165) is 31.4 Å². The second-order valence-electron chi connectivity index (χ2n) is 6.51. The minimum absolute atomic E-state index is 0.154. The number of nitrogens with zero attached hydrogens (tertiary/aromatic N) is 3. The summed E-state index contributed by atoms with van der Waals surface area (Å²) < 4.78 is 0. The number of fused-ring (bicyclic) bond motifs is 1. The van der Waals surface area contributed by atoms with Crippen LogP contribution in [0.3, 0.4) is 0 Å². The number of H-pyrrole nitrogens is 1. The van der Waals surface area contributed by atoms with Crippen LogP contribution < -0.4 is 16.4 Å². The predicted octanol–water partition coefficient (Wildman–Crippen LogP) is 1.62. The molecule has 0 spiro atoms. The van der Waals surface area contributed by atoms with Crippen molar-refractivity contribution in [2.75, 3.05) is 30.7 Å². The quantitative estimate of drug-likeness (QED) is 0.486. The van der Waals surface area contributed by atoms with Gasteiger partial charge in [0.2, 0.25) is 12.3 Å². The van der Waals surface area contributed by atoms with Crippen LogP contribution in [0.15, 0.2) is 48.8 Å². The van der Waals surface area contributed by atoms with Crippen LogP contribution in [-0.2, 0) is 9.59 Å². The van der Waals surface area contributed by atoms with Crippen molar-refractivity contribution in [3.05, 3.63) is 48.8 Å². The highest BCUT2D eigenvalue weighted by Crippen LogP contribution is 2.23. The number of piperazine rings is 1. The van der Waals surface area contributed by atoms with E-state index in [1.54, 1.807) is 11.1 Å². The van der Waals surface area contributed by atoms with Gasteiger partial charge in [-0.15, -0.1) is 0 Å². The number of aromatic nitrogens is 3. The Bertz CT molecular complexity index is 872. The number of amides is 2. The lowest BCUT2D eigenvalue weighted by Crippen LogP contribution is -2.48. The minimum atomic E-state index is -0.154. The monoisotopic (exact) mass is 397 g/mol. The van der Waals surface area contributed by atoms with Crippen molar-refractivity contribution in [1.82, 2.24) is 25.4 Å². The van der Waals surface area contributed by atoms with Crippen molar-refractivity contribution in [2.45, 2.75) is 19.9 Å². The summed E-state index contributed by atoms with van der Waals surface area (Å²) in [7, 11) is 0. The first-order valence-corrected chi connectivity index (χ1v) is 9.29. The number of aromatic amines is 1. The van der Waals surface area contributed by atoms with Gasteiger partial charge in [0, 0.05) is 38.0 Å². The van der Waals surface area contributed by atoms with Crippen LogP contribution >= 0.6 is 0 Å². The molecule has 0 bridgehead atoms. The van der Waals surface area contributed by atoms with Crippen molar-refractivity contribution in [2.24, 2.45) is 0 Å². The first kappa shape index (κ1) is 21.8. The largest absolute Gasteiger partial charge is 0.382 e. The molecule has 0 aliphatic carbocycles. The standard InChI is InChI=1S/C8H9N5O.C6H12N2O.C6H6/c1-4(14)12-6-3-10-8(9)7-5(6)2-11-13-7;1-6-4-8(5-9)3-2-7-6;1-2-4-6-5-3-1/h2-3H,1H3,(H2,9,10)(H,11,13)(H,12,14);5-7H,2-4H2,1H3;1-6H. The molecular weight excluding hydrogens is 370 g/mol. The smallest absolute Gasteiger partial charge is 0.221 e. The maximum absolute atomic E-state index is 10.9. The molecule has 2 amide bonds. The highest BCUT2D eigenvalue weighted by Gasteiger charge is 2.12. The van der Waals surface area contributed by atoms with Crippen molar-refractivity contribution in [3.8, 4) is 0 Å². The van der Waals surface area contributed by atoms with Crippen LogP contribution in [0.4, 0.5) is 11.5 Å². The van der Waals surface area contributed by atoms with Crippen LogP contribution in [-0.4, -0.2) is 58.1 Å². The molecule has 9 nitrogen and oxygen atoms in total. The lowest BCUT2D eigenvalue weighted by molar-refractivity contribution is -0.119. The summed E-state index contributed by atoms with van der Waals surface area (Å²) in [6, 6.07) is 12.5. The minimum Gasteiger partial charge on any atom is -0.382 e. The predicted molar refractivity (Wildman–Crippen MR) is 114 cm³/mol. The van der Waals surface area contributed by atoms with E-state index in [1.165, 1.54) is 13.1 Å². The summed E-state index contributed by atoms with van der Waals surface area (Å²) in [6.45, 7) is 6.15. The van der Waals surface area contributed by atoms with Crippen LogP contribution in [0.1, 0.15) is 13.8 Å². The van der Waals surface area contributed by atoms with Crippen LogP contribution in [0.2, 0.25) is 0 Å². The Balaban J connectivity index is 0.000000171. The van der Waals surface area contributed by atoms with Crippen molar-refractivity contribution >= 4 is 34.7 Å². The zero-order chi connectivity index (χ0) is 21.1. The first-order valence-electron chi connectivity index (χ1n) is 9.29. The molecule has 1 aromatic carbocycles. The average Bonchev–Trinajstić information content (AvgIpc) is 3.23. The molecule has 0 saturated carbocycles. The maximum atomic E-state index is 10.9. The molecule has 29 heavy (non-hydrogen) atoms. The van der Waals surface area contributed by atoms with E-state index in [4.69, 9.17) is 5.73 Å². The van der Waals surface area contributed by atoms with Gasteiger partial charge in [0.05, 0.1) is 18.1 Å². The van der Waals surface area contributed by atoms with Gasteiger partial charge in [-0.1, -0.05) is 36.4 Å². The Hall–Kier alpha value is -3.46. The number of nitrogens with one attached hydrogen (secondary N) is 3. The van der Waals surface area contributed by atoms with E-state index in [1.807, 2.05) is 36.4 Å². The summed E-state index contributed by atoms with van der Waals surface area (Å²) in [4.78, 5) is 26.8. The topological polar surface area (TPSA) is 129 Å². The lowest BCUT2D eigenvalue weighted by atomic mass is 10.2. The molecule has 1 fully saturated rings. The average molecular weight is 397 g/mol. The van der Waals surface area contributed by atoms with Crippen LogP contribution in [0, 0.1) is 0 Å². The van der Waals surface area contributed by atoms with Crippen LogP contribution in [0.25, 0.3) is 10.9 Å². The van der Waals surface area contributed by atoms with E-state index < -0.39 is 0 Å². The summed E-state index contributed by atoms with van der Waals surface area (Å²) in [5.74, 6) is 0.214. The molecule has 4 rings (SSSR count). The van der Waals surface area contributed by atoms with Gasteiger partial charge in [0.1, 0.15) is 11.3 Å². The third-order valence-electron chi connectivity index (χ3n) is 4.05. The lowest BCUT2D eigenvalue weighted by Gasteiger charge is -2.28. The highest BCUT2D eigenvalue weighted by atomic mass is 16.1. The molecule has 1 aliphatic heterocycles. The van der Waals surface area contributed by atoms with Gasteiger partial charge in [-0.2, -0.15) is 5.10 Å². The Morgan fingerprint density at radius 2 is 1.90 bits per heavy atom. The van der Waals surface area contributed by atoms with E-state index in [9.17, 15) is 9.59 Å². The summed E-state index contributed by atoms with van der Waals surface area (Å²) in [6.07, 6.45) is 4.02. The third-order valence-corrected chi connectivity index (χ3v) is 4.05. The second kappa shape index (κ2) is 11.4. The van der Waals surface area contributed by atoms with Gasteiger partial charge < -0.3 is 21.3 Å². The Morgan fingerprint density at radius 3 is 2.41 bits per heavy atom. The fourth-order valence-corrected chi connectivity index (χ4v) is 2.69. The highest BCUT2D eigenvalue weighted by molar-refractivity contribution is 6.02. The molecule has 3 heterocycles. The number of carbonyl (C=O) groups excluding carboxylic acids is 2. The molecule has 154 valence electrons. The summed E-state index contributed by atoms with van der Waals surface area (Å²) >= 11 is 0. The van der Waals surface area contributed by atoms with Gasteiger partial charge in [-0.05, 0) is 6.92 Å². The van der Waals surface area contributed by atoms with Crippen molar-refractivity contribution in [3.63, 3.8) is 0 Å². The number of anilines is 2. The van der Waals surface area contributed by atoms with Gasteiger partial charge >= 0.3 is 0 Å². The number of nitrogen functional groups attached to an aromatic ring is 1. The molecule has 9 heteroatoms. The Morgan fingerprint density at radius 1 is 1.24 bits per heavy atom. The molecule has 0 radical (unpaired) electrons. The second-order valence-corrected chi connectivity index (χ2v) is 6.51. The fraction of sp³-hybridized carbons (Fsp3) is 0.300. The SMILES string of the molecule is CC(=O)Nc1cnc(N)c2[nH]ncc12.CC1CN(C=O)CCN1.c1ccccc1. The molecular formula is C20H27N7O2. The van der Waals surface area contributed by atoms with Gasteiger partial charge in [0.15, 0.2) is 0 Å². The van der Waals surface area contributed by atoms with E-state index in [0.29, 0.717) is 23.1 Å². The molecule has 1 unspecified atom stereocenters. The first-order chi connectivity index (χ1) is 14.0. The van der Waals surface area contributed by atoms with Crippen molar-refractivity contribution in [1.29, 1.82) is 0 Å². The van der Waals surface area contributed by atoms with Gasteiger partial charge in [-0.3, -0.25) is 14.7 Å². The fourth-order valence-electron chi connectivity index (χ4n) is 2.69.